The minimum absolute atomic E-state index is 0.174. The molecule has 2 atom stereocenters. The molecule has 2 N–H and O–H groups in total. The molecule has 0 bridgehead atoms. The first-order chi connectivity index (χ1) is 7.79. The third-order valence-corrected chi connectivity index (χ3v) is 4.64. The number of hydrogen-bond acceptors (Lipinski definition) is 3. The molecule has 0 aromatic carbocycles. The SMILES string of the molecule is CSC1CCCCC1NCC(=O)NC1CC1. The molecule has 2 rings (SSSR count). The average molecular weight is 242 g/mol. The standard InChI is InChI=1S/C12H22N2OS/c1-16-11-5-3-2-4-10(11)13-8-12(15)14-9-6-7-9/h9-11,13H,2-8H2,1H3,(H,14,15). The molecule has 0 aliphatic heterocycles. The van der Waals surface area contributed by atoms with Crippen LogP contribution in [0.5, 0.6) is 0 Å². The molecule has 2 fully saturated rings. The van der Waals surface area contributed by atoms with Crippen molar-refractivity contribution in [1.29, 1.82) is 0 Å². The Balaban J connectivity index is 1.68. The summed E-state index contributed by atoms with van der Waals surface area (Å²) < 4.78 is 0. The van der Waals surface area contributed by atoms with E-state index < -0.39 is 0 Å². The number of carbonyl (C=O) groups is 1. The third kappa shape index (κ3) is 3.67. The maximum absolute atomic E-state index is 11.6. The van der Waals surface area contributed by atoms with Crippen molar-refractivity contribution in [2.75, 3.05) is 12.8 Å². The van der Waals surface area contributed by atoms with Gasteiger partial charge < -0.3 is 10.6 Å². The summed E-state index contributed by atoms with van der Waals surface area (Å²) >= 11 is 1.94. The summed E-state index contributed by atoms with van der Waals surface area (Å²) in [6, 6.07) is 1.02. The van der Waals surface area contributed by atoms with Gasteiger partial charge >= 0.3 is 0 Å². The second kappa shape index (κ2) is 5.92. The summed E-state index contributed by atoms with van der Waals surface area (Å²) in [6.45, 7) is 0.498. The summed E-state index contributed by atoms with van der Waals surface area (Å²) in [5.74, 6) is 0.174. The molecule has 1 amide bonds. The molecule has 0 heterocycles. The highest BCUT2D eigenvalue weighted by atomic mass is 32.2. The Labute approximate surface area is 102 Å². The number of hydrogen-bond donors (Lipinski definition) is 2. The second-order valence-corrected chi connectivity index (χ2v) is 5.96. The maximum Gasteiger partial charge on any atom is 0.234 e. The van der Waals surface area contributed by atoms with E-state index in [0.717, 1.165) is 0 Å². The van der Waals surface area contributed by atoms with Crippen LogP contribution in [0.25, 0.3) is 0 Å². The molecule has 0 aromatic heterocycles. The number of nitrogens with one attached hydrogen (secondary N) is 2. The highest BCUT2D eigenvalue weighted by Crippen LogP contribution is 2.27. The molecule has 0 radical (unpaired) electrons. The average Bonchev–Trinajstić information content (AvgIpc) is 3.10. The van der Waals surface area contributed by atoms with Crippen LogP contribution in [-0.2, 0) is 4.79 Å². The first-order valence-corrected chi connectivity index (χ1v) is 7.64. The second-order valence-electron chi connectivity index (χ2n) is 4.89. The van der Waals surface area contributed by atoms with Gasteiger partial charge in [-0.3, -0.25) is 4.79 Å². The summed E-state index contributed by atoms with van der Waals surface area (Å²) in [4.78, 5) is 11.6. The fourth-order valence-corrected chi connectivity index (χ4v) is 3.31. The Kier molecular flexibility index (Phi) is 4.53. The zero-order chi connectivity index (χ0) is 11.4. The normalized spacial score (nSPS) is 30.1. The molecule has 2 saturated carbocycles. The molecule has 2 aliphatic rings. The largest absolute Gasteiger partial charge is 0.352 e. The van der Waals surface area contributed by atoms with Crippen molar-refractivity contribution in [3.8, 4) is 0 Å². The van der Waals surface area contributed by atoms with Crippen molar-refractivity contribution in [2.45, 2.75) is 55.9 Å². The molecule has 2 aliphatic carbocycles. The van der Waals surface area contributed by atoms with Crippen LogP contribution >= 0.6 is 11.8 Å². The Morgan fingerprint density at radius 1 is 1.25 bits per heavy atom. The van der Waals surface area contributed by atoms with Gasteiger partial charge in [0.1, 0.15) is 0 Å². The molecule has 92 valence electrons. The first kappa shape index (κ1) is 12.2. The third-order valence-electron chi connectivity index (χ3n) is 3.47. The van der Waals surface area contributed by atoms with Crippen molar-refractivity contribution >= 4 is 17.7 Å². The van der Waals surface area contributed by atoms with Crippen LogP contribution in [0.4, 0.5) is 0 Å². The van der Waals surface area contributed by atoms with E-state index in [4.69, 9.17) is 0 Å². The predicted molar refractivity (Wildman–Crippen MR) is 68.7 cm³/mol. The Morgan fingerprint density at radius 3 is 2.69 bits per heavy atom. The number of thioether (sulfide) groups is 1. The zero-order valence-electron chi connectivity index (χ0n) is 10.00. The van der Waals surface area contributed by atoms with E-state index in [1.165, 1.54) is 38.5 Å². The van der Waals surface area contributed by atoms with E-state index in [1.54, 1.807) is 0 Å². The Morgan fingerprint density at radius 2 is 2.00 bits per heavy atom. The van der Waals surface area contributed by atoms with Crippen LogP contribution in [-0.4, -0.2) is 36.0 Å². The van der Waals surface area contributed by atoms with E-state index in [-0.39, 0.29) is 5.91 Å². The van der Waals surface area contributed by atoms with Gasteiger partial charge in [0.15, 0.2) is 0 Å². The molecule has 0 aromatic rings. The van der Waals surface area contributed by atoms with Crippen molar-refractivity contribution in [1.82, 2.24) is 10.6 Å². The quantitative estimate of drug-likeness (QED) is 0.768. The van der Waals surface area contributed by atoms with Gasteiger partial charge in [-0.1, -0.05) is 12.8 Å². The summed E-state index contributed by atoms with van der Waals surface area (Å²) in [5.41, 5.74) is 0. The minimum Gasteiger partial charge on any atom is -0.352 e. The van der Waals surface area contributed by atoms with E-state index in [0.29, 0.717) is 23.9 Å². The van der Waals surface area contributed by atoms with Gasteiger partial charge in [0.2, 0.25) is 5.91 Å². The maximum atomic E-state index is 11.6. The lowest BCUT2D eigenvalue weighted by Crippen LogP contribution is -2.45. The lowest BCUT2D eigenvalue weighted by molar-refractivity contribution is -0.120. The van der Waals surface area contributed by atoms with Crippen LogP contribution in [0.3, 0.4) is 0 Å². The van der Waals surface area contributed by atoms with Crippen LogP contribution in [0, 0.1) is 0 Å². The van der Waals surface area contributed by atoms with E-state index >= 15 is 0 Å². The monoisotopic (exact) mass is 242 g/mol. The molecular formula is C12H22N2OS. The van der Waals surface area contributed by atoms with Crippen molar-refractivity contribution in [3.05, 3.63) is 0 Å². The first-order valence-electron chi connectivity index (χ1n) is 6.35. The fraction of sp³-hybridized carbons (Fsp3) is 0.917. The smallest absolute Gasteiger partial charge is 0.234 e. The molecule has 0 spiro atoms. The van der Waals surface area contributed by atoms with Crippen molar-refractivity contribution in [2.24, 2.45) is 0 Å². The lowest BCUT2D eigenvalue weighted by Gasteiger charge is -2.30. The van der Waals surface area contributed by atoms with Gasteiger partial charge in [-0.2, -0.15) is 11.8 Å². The topological polar surface area (TPSA) is 41.1 Å². The number of carbonyl (C=O) groups excluding carboxylic acids is 1. The molecule has 16 heavy (non-hydrogen) atoms. The van der Waals surface area contributed by atoms with Crippen LogP contribution in [0.15, 0.2) is 0 Å². The zero-order valence-corrected chi connectivity index (χ0v) is 10.8. The molecular weight excluding hydrogens is 220 g/mol. The van der Waals surface area contributed by atoms with E-state index in [1.807, 2.05) is 11.8 Å². The van der Waals surface area contributed by atoms with E-state index in [9.17, 15) is 4.79 Å². The Hall–Kier alpha value is -0.220. The van der Waals surface area contributed by atoms with Gasteiger partial charge in [-0.25, -0.2) is 0 Å². The number of rotatable bonds is 5. The van der Waals surface area contributed by atoms with Crippen molar-refractivity contribution in [3.63, 3.8) is 0 Å². The summed E-state index contributed by atoms with van der Waals surface area (Å²) in [5, 5.41) is 7.14. The van der Waals surface area contributed by atoms with Crippen molar-refractivity contribution < 1.29 is 4.79 Å². The molecule has 4 heteroatoms. The highest BCUT2D eigenvalue weighted by Gasteiger charge is 2.26. The molecule has 0 saturated heterocycles. The van der Waals surface area contributed by atoms with Gasteiger partial charge in [0.05, 0.1) is 6.54 Å². The number of amides is 1. The van der Waals surface area contributed by atoms with Gasteiger partial charge in [-0.05, 0) is 31.9 Å². The van der Waals surface area contributed by atoms with Crippen LogP contribution < -0.4 is 10.6 Å². The van der Waals surface area contributed by atoms with Gasteiger partial charge in [0, 0.05) is 17.3 Å². The predicted octanol–water partition coefficient (Wildman–Crippen LogP) is 1.53. The Bertz CT molecular complexity index is 243. The molecule has 3 nitrogen and oxygen atoms in total. The molecule has 2 unspecified atom stereocenters. The summed E-state index contributed by atoms with van der Waals surface area (Å²) in [7, 11) is 0. The summed E-state index contributed by atoms with van der Waals surface area (Å²) in [6.07, 6.45) is 9.68. The fourth-order valence-electron chi connectivity index (χ4n) is 2.34. The van der Waals surface area contributed by atoms with E-state index in [2.05, 4.69) is 16.9 Å². The highest BCUT2D eigenvalue weighted by molar-refractivity contribution is 7.99. The minimum atomic E-state index is 0.174. The van der Waals surface area contributed by atoms with Gasteiger partial charge in [0.25, 0.3) is 0 Å². The van der Waals surface area contributed by atoms with Crippen LogP contribution in [0.1, 0.15) is 38.5 Å². The van der Waals surface area contributed by atoms with Gasteiger partial charge in [-0.15, -0.1) is 0 Å². The lowest BCUT2D eigenvalue weighted by atomic mass is 9.95. The van der Waals surface area contributed by atoms with Crippen LogP contribution in [0.2, 0.25) is 0 Å².